The van der Waals surface area contributed by atoms with Crippen LogP contribution in [0.4, 0.5) is 9.59 Å². The summed E-state index contributed by atoms with van der Waals surface area (Å²) < 4.78 is 0. The van der Waals surface area contributed by atoms with Crippen molar-refractivity contribution in [2.75, 3.05) is 19.6 Å². The largest absolute Gasteiger partial charge is 0.352 e. The minimum atomic E-state index is -0.955. The molecule has 12 nitrogen and oxygen atoms in total. The van der Waals surface area contributed by atoms with Crippen molar-refractivity contribution in [1.82, 2.24) is 31.1 Å². The number of rotatable bonds is 11. The lowest BCUT2D eigenvalue weighted by molar-refractivity contribution is -0.135. The fraction of sp³-hybridized carbons (Fsp3) is 0.739. The third-order valence-electron chi connectivity index (χ3n) is 7.54. The third-order valence-corrected chi connectivity index (χ3v) is 7.54. The molecular weight excluding hydrogens is 456 g/mol. The van der Waals surface area contributed by atoms with Crippen molar-refractivity contribution in [2.45, 2.75) is 76.4 Å². The van der Waals surface area contributed by atoms with Gasteiger partial charge in [0.25, 0.3) is 11.8 Å². The van der Waals surface area contributed by atoms with Gasteiger partial charge < -0.3 is 21.3 Å². The molecule has 8 amide bonds. The lowest BCUT2D eigenvalue weighted by Gasteiger charge is -2.23. The molecule has 2 aliphatic carbocycles. The van der Waals surface area contributed by atoms with Gasteiger partial charge >= 0.3 is 12.1 Å². The molecule has 192 valence electrons. The number of urea groups is 2. The van der Waals surface area contributed by atoms with Crippen LogP contribution in [0.3, 0.4) is 0 Å². The average Bonchev–Trinajstić information content (AvgIpc) is 3.69. The molecule has 2 saturated carbocycles. The van der Waals surface area contributed by atoms with E-state index < -0.39 is 65.9 Å². The van der Waals surface area contributed by atoms with E-state index in [1.165, 1.54) is 0 Å². The Bertz CT molecular complexity index is 962. The second-order valence-corrected chi connectivity index (χ2v) is 10.5. The number of nitrogens with one attached hydrogen (secondary N) is 4. The zero-order chi connectivity index (χ0) is 25.5. The fourth-order valence-corrected chi connectivity index (χ4v) is 5.02. The molecule has 0 bridgehead atoms. The Morgan fingerprint density at radius 1 is 0.886 bits per heavy atom. The third kappa shape index (κ3) is 4.83. The van der Waals surface area contributed by atoms with Gasteiger partial charge in [-0.05, 0) is 57.8 Å². The Kier molecular flexibility index (Phi) is 6.50. The molecule has 0 aromatic rings. The first-order valence-corrected chi connectivity index (χ1v) is 12.3. The van der Waals surface area contributed by atoms with Crippen LogP contribution in [0.25, 0.3) is 0 Å². The quantitative estimate of drug-likeness (QED) is 0.295. The van der Waals surface area contributed by atoms with Crippen LogP contribution >= 0.6 is 0 Å². The zero-order valence-electron chi connectivity index (χ0n) is 20.4. The van der Waals surface area contributed by atoms with Crippen LogP contribution in [-0.2, 0) is 19.2 Å². The van der Waals surface area contributed by atoms with Gasteiger partial charge in [-0.2, -0.15) is 0 Å². The van der Waals surface area contributed by atoms with Crippen LogP contribution in [-0.4, -0.2) is 82.2 Å². The van der Waals surface area contributed by atoms with Crippen LogP contribution < -0.4 is 21.3 Å². The van der Waals surface area contributed by atoms with Gasteiger partial charge in [-0.15, -0.1) is 0 Å². The van der Waals surface area contributed by atoms with Crippen molar-refractivity contribution in [2.24, 2.45) is 11.8 Å². The van der Waals surface area contributed by atoms with Crippen LogP contribution in [0.15, 0.2) is 0 Å². The molecule has 2 saturated heterocycles. The summed E-state index contributed by atoms with van der Waals surface area (Å²) in [6.45, 7) is 4.59. The molecule has 4 N–H and O–H groups in total. The van der Waals surface area contributed by atoms with Crippen LogP contribution in [0, 0.1) is 11.8 Å². The molecule has 35 heavy (non-hydrogen) atoms. The summed E-state index contributed by atoms with van der Waals surface area (Å²) in [6, 6.07) is -1.59. The summed E-state index contributed by atoms with van der Waals surface area (Å²) in [6.07, 6.45) is 4.74. The maximum absolute atomic E-state index is 12.7. The second-order valence-electron chi connectivity index (χ2n) is 10.5. The Labute approximate surface area is 203 Å². The molecule has 2 aliphatic heterocycles. The first-order chi connectivity index (χ1) is 16.5. The molecule has 0 radical (unpaired) electrons. The maximum atomic E-state index is 12.7. The lowest BCUT2D eigenvalue weighted by Crippen LogP contribution is -2.50. The van der Waals surface area contributed by atoms with E-state index in [9.17, 15) is 28.8 Å². The van der Waals surface area contributed by atoms with E-state index in [1.54, 1.807) is 13.8 Å². The highest BCUT2D eigenvalue weighted by Crippen LogP contribution is 2.43. The van der Waals surface area contributed by atoms with Gasteiger partial charge in [0, 0.05) is 12.6 Å². The summed E-state index contributed by atoms with van der Waals surface area (Å²) in [4.78, 5) is 76.9. The van der Waals surface area contributed by atoms with Gasteiger partial charge in [-0.25, -0.2) is 9.59 Å². The predicted molar refractivity (Wildman–Crippen MR) is 123 cm³/mol. The van der Waals surface area contributed by atoms with Gasteiger partial charge in [0.2, 0.25) is 11.8 Å². The summed E-state index contributed by atoms with van der Waals surface area (Å²) in [7, 11) is 0. The van der Waals surface area contributed by atoms with Gasteiger partial charge in [0.1, 0.15) is 24.2 Å². The van der Waals surface area contributed by atoms with E-state index in [4.69, 9.17) is 0 Å². The molecular formula is C23H34N6O6. The van der Waals surface area contributed by atoms with E-state index in [-0.39, 0.29) is 18.4 Å². The van der Waals surface area contributed by atoms with Crippen molar-refractivity contribution in [3.05, 3.63) is 0 Å². The number of nitrogens with zero attached hydrogens (tertiary/aromatic N) is 2. The van der Waals surface area contributed by atoms with E-state index in [2.05, 4.69) is 21.3 Å². The molecule has 2 heterocycles. The number of carbonyl (C=O) groups excluding carboxylic acids is 6. The summed E-state index contributed by atoms with van der Waals surface area (Å²) >= 11 is 0. The normalized spacial score (nSPS) is 29.2. The smallest absolute Gasteiger partial charge is 0.325 e. The van der Waals surface area contributed by atoms with E-state index >= 15 is 0 Å². The first-order valence-electron chi connectivity index (χ1n) is 12.3. The molecule has 3 atom stereocenters. The fourth-order valence-electron chi connectivity index (χ4n) is 5.02. The van der Waals surface area contributed by atoms with Crippen LogP contribution in [0.1, 0.15) is 59.3 Å². The van der Waals surface area contributed by atoms with Crippen molar-refractivity contribution >= 4 is 35.7 Å². The topological polar surface area (TPSA) is 157 Å². The Hall–Kier alpha value is -3.18. The lowest BCUT2D eigenvalue weighted by atomic mass is 9.96. The second kappa shape index (κ2) is 9.12. The minimum absolute atomic E-state index is 0.0852. The highest BCUT2D eigenvalue weighted by Gasteiger charge is 2.57. The Balaban J connectivity index is 1.26. The van der Waals surface area contributed by atoms with Crippen LogP contribution in [0.2, 0.25) is 0 Å². The SMILES string of the molecule is CCCC(CNC(=O)CN1C(=O)NC(C)(C2CC2)C1=O)NC(=O)CN1C(=O)NC(C)(C2CC2)C1=O. The van der Waals surface area contributed by atoms with Gasteiger partial charge in [-0.3, -0.25) is 29.0 Å². The van der Waals surface area contributed by atoms with E-state index in [0.717, 1.165) is 41.9 Å². The number of hydrogen-bond donors (Lipinski definition) is 4. The maximum Gasteiger partial charge on any atom is 0.325 e. The Morgan fingerprint density at radius 3 is 1.77 bits per heavy atom. The zero-order valence-corrected chi connectivity index (χ0v) is 20.4. The van der Waals surface area contributed by atoms with Crippen LogP contribution in [0.5, 0.6) is 0 Å². The molecule has 4 fully saturated rings. The van der Waals surface area contributed by atoms with Gasteiger partial charge in [-0.1, -0.05) is 13.3 Å². The molecule has 0 aromatic heterocycles. The first kappa shape index (κ1) is 24.9. The molecule has 12 heteroatoms. The van der Waals surface area contributed by atoms with Crippen molar-refractivity contribution in [1.29, 1.82) is 0 Å². The number of amides is 8. The predicted octanol–water partition coefficient (Wildman–Crippen LogP) is -0.171. The highest BCUT2D eigenvalue weighted by atomic mass is 16.2. The molecule has 4 rings (SSSR count). The summed E-state index contributed by atoms with van der Waals surface area (Å²) in [5.74, 6) is -1.61. The van der Waals surface area contributed by atoms with E-state index in [0.29, 0.717) is 6.42 Å². The van der Waals surface area contributed by atoms with Gasteiger partial charge in [0.05, 0.1) is 0 Å². The monoisotopic (exact) mass is 490 g/mol. The number of hydrogen-bond acceptors (Lipinski definition) is 6. The van der Waals surface area contributed by atoms with Crippen molar-refractivity contribution < 1.29 is 28.8 Å². The summed E-state index contributed by atoms with van der Waals surface area (Å²) in [5.41, 5.74) is -1.91. The minimum Gasteiger partial charge on any atom is -0.352 e. The van der Waals surface area contributed by atoms with Gasteiger partial charge in [0.15, 0.2) is 0 Å². The van der Waals surface area contributed by atoms with E-state index in [1.807, 2.05) is 6.92 Å². The molecule has 3 unspecified atom stereocenters. The Morgan fingerprint density at radius 2 is 1.34 bits per heavy atom. The highest BCUT2D eigenvalue weighted by molar-refractivity contribution is 6.10. The molecule has 0 spiro atoms. The molecule has 0 aromatic carbocycles. The number of carbonyl (C=O) groups is 6. The molecule has 4 aliphatic rings. The van der Waals surface area contributed by atoms with Crippen molar-refractivity contribution in [3.63, 3.8) is 0 Å². The van der Waals surface area contributed by atoms with Crippen molar-refractivity contribution in [3.8, 4) is 0 Å². The number of imide groups is 2. The standard InChI is InChI=1S/C23H34N6O6/c1-4-5-15(25-17(31)12-29-19(33)23(3,14-8-9-14)27-21(29)35)10-24-16(30)11-28-18(32)22(2,13-6-7-13)26-20(28)34/h13-15H,4-12H2,1-3H3,(H,24,30)(H,25,31)(H,26,34)(H,27,35). The average molecular weight is 491 g/mol. The summed E-state index contributed by atoms with van der Waals surface area (Å²) in [5, 5.41) is 10.9.